The van der Waals surface area contributed by atoms with Crippen molar-refractivity contribution >= 4 is 11.6 Å². The van der Waals surface area contributed by atoms with Crippen LogP contribution in [0.3, 0.4) is 0 Å². The molecule has 1 N–H and O–H groups in total. The molecule has 5 heteroatoms. The monoisotopic (exact) mass is 299 g/mol. The first-order valence-corrected chi connectivity index (χ1v) is 6.90. The van der Waals surface area contributed by atoms with Gasteiger partial charge < -0.3 is 19.5 Å². The zero-order valence-corrected chi connectivity index (χ0v) is 12.8. The number of benzene rings is 1. The first-order valence-electron chi connectivity index (χ1n) is 6.52. The number of hydrogen-bond acceptors (Lipinski definition) is 4. The maximum Gasteiger partial charge on any atom is 0.180 e. The van der Waals surface area contributed by atoms with Crippen LogP contribution in [-0.2, 0) is 11.3 Å². The Kier molecular flexibility index (Phi) is 8.11. The van der Waals surface area contributed by atoms with Crippen LogP contribution >= 0.6 is 11.6 Å². The van der Waals surface area contributed by atoms with Gasteiger partial charge in [0, 0.05) is 20.3 Å². The summed E-state index contributed by atoms with van der Waals surface area (Å²) in [6.07, 6.45) is 2.64. The van der Waals surface area contributed by atoms with E-state index >= 15 is 0 Å². The van der Waals surface area contributed by atoms with Crippen LogP contribution in [0.25, 0.3) is 0 Å². The van der Waals surface area contributed by atoms with E-state index in [2.05, 4.69) is 11.9 Å². The van der Waals surface area contributed by atoms with E-state index in [1.54, 1.807) is 20.3 Å². The summed E-state index contributed by atoms with van der Waals surface area (Å²) in [5.74, 6) is 1.19. The molecule has 0 bridgehead atoms. The predicted molar refractivity (Wildman–Crippen MR) is 81.9 cm³/mol. The van der Waals surface area contributed by atoms with Crippen molar-refractivity contribution in [1.29, 1.82) is 0 Å². The van der Waals surface area contributed by atoms with Crippen LogP contribution in [0.5, 0.6) is 11.5 Å². The van der Waals surface area contributed by atoms with Crippen LogP contribution in [0.1, 0.15) is 12.0 Å². The molecule has 0 aliphatic rings. The number of nitrogens with one attached hydrogen (secondary N) is 1. The molecule has 0 heterocycles. The summed E-state index contributed by atoms with van der Waals surface area (Å²) in [5.41, 5.74) is 1.05. The first-order chi connectivity index (χ1) is 9.72. The lowest BCUT2D eigenvalue weighted by molar-refractivity contribution is 0.194. The molecule has 4 nitrogen and oxygen atoms in total. The molecule has 0 unspecified atom stereocenters. The fourth-order valence-electron chi connectivity index (χ4n) is 1.73. The highest BCUT2D eigenvalue weighted by Crippen LogP contribution is 2.36. The molecule has 20 heavy (non-hydrogen) atoms. The van der Waals surface area contributed by atoms with Crippen LogP contribution in [0.2, 0.25) is 5.02 Å². The second-order valence-electron chi connectivity index (χ2n) is 4.23. The smallest absolute Gasteiger partial charge is 0.180 e. The molecule has 112 valence electrons. The van der Waals surface area contributed by atoms with Gasteiger partial charge >= 0.3 is 0 Å². The van der Waals surface area contributed by atoms with E-state index in [1.165, 1.54) is 0 Å². The van der Waals surface area contributed by atoms with Crippen LogP contribution in [0.4, 0.5) is 0 Å². The molecule has 0 fully saturated rings. The second kappa shape index (κ2) is 9.64. The fraction of sp³-hybridized carbons (Fsp3) is 0.467. The van der Waals surface area contributed by atoms with Gasteiger partial charge in [-0.2, -0.15) is 0 Å². The highest BCUT2D eigenvalue weighted by molar-refractivity contribution is 6.32. The van der Waals surface area contributed by atoms with Gasteiger partial charge in [0.25, 0.3) is 0 Å². The maximum atomic E-state index is 6.22. The van der Waals surface area contributed by atoms with Crippen LogP contribution in [0, 0.1) is 0 Å². The van der Waals surface area contributed by atoms with Crippen molar-refractivity contribution in [3.63, 3.8) is 0 Å². The summed E-state index contributed by atoms with van der Waals surface area (Å²) in [6, 6.07) is 3.81. The number of rotatable bonds is 10. The molecule has 1 aromatic carbocycles. The number of halogens is 1. The fourth-order valence-corrected chi connectivity index (χ4v) is 2.02. The van der Waals surface area contributed by atoms with Crippen molar-refractivity contribution in [1.82, 2.24) is 5.32 Å². The molecule has 0 aromatic heterocycles. The summed E-state index contributed by atoms with van der Waals surface area (Å²) in [5, 5.41) is 3.87. The van der Waals surface area contributed by atoms with Crippen molar-refractivity contribution in [2.75, 3.05) is 34.0 Å². The Morgan fingerprint density at radius 2 is 2.15 bits per heavy atom. The van der Waals surface area contributed by atoms with Crippen LogP contribution in [0.15, 0.2) is 24.8 Å². The maximum absolute atomic E-state index is 6.22. The number of ether oxygens (including phenoxy) is 3. The zero-order valence-electron chi connectivity index (χ0n) is 12.1. The van der Waals surface area contributed by atoms with E-state index in [-0.39, 0.29) is 0 Å². The standard InChI is InChI=1S/C15H22ClNO3/c1-4-7-20-15-13(16)9-12(10-14(15)19-3)11-17-6-5-8-18-2/h4,9-10,17H,1,5-8,11H2,2-3H3. The van der Waals surface area contributed by atoms with Gasteiger partial charge in [0.2, 0.25) is 0 Å². The van der Waals surface area contributed by atoms with E-state index in [4.69, 9.17) is 25.8 Å². The number of hydrogen-bond donors (Lipinski definition) is 1. The molecule has 1 aromatic rings. The Morgan fingerprint density at radius 3 is 2.80 bits per heavy atom. The molecule has 0 aliphatic carbocycles. The molecule has 1 rings (SSSR count). The van der Waals surface area contributed by atoms with Crippen molar-refractivity contribution in [2.24, 2.45) is 0 Å². The third kappa shape index (κ3) is 5.41. The van der Waals surface area contributed by atoms with E-state index in [0.717, 1.165) is 31.7 Å². The Labute approximate surface area is 125 Å². The average molecular weight is 300 g/mol. The third-order valence-electron chi connectivity index (χ3n) is 2.67. The number of methoxy groups -OCH3 is 2. The van der Waals surface area contributed by atoms with Gasteiger partial charge in [-0.1, -0.05) is 24.3 Å². The molecule has 0 saturated heterocycles. The van der Waals surface area contributed by atoms with Crippen molar-refractivity contribution in [2.45, 2.75) is 13.0 Å². The van der Waals surface area contributed by atoms with Gasteiger partial charge in [0.1, 0.15) is 6.61 Å². The van der Waals surface area contributed by atoms with E-state index in [0.29, 0.717) is 23.1 Å². The molecule has 0 amide bonds. The van der Waals surface area contributed by atoms with E-state index < -0.39 is 0 Å². The molecular formula is C15H22ClNO3. The molecule has 0 saturated carbocycles. The van der Waals surface area contributed by atoms with Gasteiger partial charge in [-0.15, -0.1) is 0 Å². The minimum atomic E-state index is 0.394. The second-order valence-corrected chi connectivity index (χ2v) is 4.64. The van der Waals surface area contributed by atoms with Crippen molar-refractivity contribution < 1.29 is 14.2 Å². The highest BCUT2D eigenvalue weighted by Gasteiger charge is 2.11. The zero-order chi connectivity index (χ0) is 14.8. The predicted octanol–water partition coefficient (Wildman–Crippen LogP) is 3.04. The van der Waals surface area contributed by atoms with Crippen LogP contribution < -0.4 is 14.8 Å². The molecule has 0 radical (unpaired) electrons. The lowest BCUT2D eigenvalue weighted by Gasteiger charge is -2.13. The summed E-state index contributed by atoms with van der Waals surface area (Å²) in [4.78, 5) is 0. The lowest BCUT2D eigenvalue weighted by atomic mass is 10.2. The topological polar surface area (TPSA) is 39.7 Å². The van der Waals surface area contributed by atoms with Crippen molar-refractivity contribution in [3.05, 3.63) is 35.4 Å². The third-order valence-corrected chi connectivity index (χ3v) is 2.95. The molecule has 0 atom stereocenters. The van der Waals surface area contributed by atoms with Gasteiger partial charge in [0.15, 0.2) is 11.5 Å². The summed E-state index contributed by atoms with van der Waals surface area (Å²) < 4.78 is 15.8. The van der Waals surface area contributed by atoms with Gasteiger partial charge in [-0.25, -0.2) is 0 Å². The normalized spacial score (nSPS) is 10.3. The SMILES string of the molecule is C=CCOc1c(Cl)cc(CNCCCOC)cc1OC. The Hall–Kier alpha value is -1.23. The largest absolute Gasteiger partial charge is 0.493 e. The summed E-state index contributed by atoms with van der Waals surface area (Å²) in [7, 11) is 3.30. The van der Waals surface area contributed by atoms with E-state index in [1.807, 2.05) is 12.1 Å². The van der Waals surface area contributed by atoms with Gasteiger partial charge in [-0.3, -0.25) is 0 Å². The minimum absolute atomic E-state index is 0.394. The Morgan fingerprint density at radius 1 is 1.35 bits per heavy atom. The quantitative estimate of drug-likeness (QED) is 0.532. The van der Waals surface area contributed by atoms with Crippen molar-refractivity contribution in [3.8, 4) is 11.5 Å². The first kappa shape index (κ1) is 16.8. The molecular weight excluding hydrogens is 278 g/mol. The van der Waals surface area contributed by atoms with Crippen LogP contribution in [-0.4, -0.2) is 34.0 Å². The minimum Gasteiger partial charge on any atom is -0.493 e. The lowest BCUT2D eigenvalue weighted by Crippen LogP contribution is -2.16. The van der Waals surface area contributed by atoms with E-state index in [9.17, 15) is 0 Å². The Balaban J connectivity index is 2.64. The van der Waals surface area contributed by atoms with Gasteiger partial charge in [-0.05, 0) is 30.7 Å². The summed E-state index contributed by atoms with van der Waals surface area (Å²) >= 11 is 6.22. The molecule has 0 aliphatic heterocycles. The van der Waals surface area contributed by atoms with Gasteiger partial charge in [0.05, 0.1) is 12.1 Å². The average Bonchev–Trinajstić information content (AvgIpc) is 2.45. The summed E-state index contributed by atoms with van der Waals surface area (Å²) in [6.45, 7) is 6.38. The highest BCUT2D eigenvalue weighted by atomic mass is 35.5. The molecule has 0 spiro atoms. The Bertz CT molecular complexity index is 424.